The average Bonchev–Trinajstić information content (AvgIpc) is 2.82. The minimum atomic E-state index is -5.48. The molecule has 3 unspecified atom stereocenters. The quantitative estimate of drug-likeness (QED) is 0.110. The van der Waals surface area contributed by atoms with Crippen LogP contribution in [0.25, 0.3) is 0 Å². The van der Waals surface area contributed by atoms with Crippen LogP contribution in [0.5, 0.6) is 0 Å². The van der Waals surface area contributed by atoms with Gasteiger partial charge in [0.2, 0.25) is 0 Å². The van der Waals surface area contributed by atoms with Crippen LogP contribution in [0.4, 0.5) is 0 Å². The van der Waals surface area contributed by atoms with Crippen LogP contribution in [0, 0.1) is 0 Å². The molecule has 278 valence electrons. The van der Waals surface area contributed by atoms with Crippen molar-refractivity contribution in [3.63, 3.8) is 0 Å². The maximum Gasteiger partial charge on any atom is 0.388 e. The van der Waals surface area contributed by atoms with Gasteiger partial charge in [0.05, 0.1) is 33.5 Å². The van der Waals surface area contributed by atoms with Crippen molar-refractivity contribution in [2.75, 3.05) is 23.5 Å². The Kier molecular flexibility index (Phi) is 15.8. The second-order valence-electron chi connectivity index (χ2n) is 11.2. The van der Waals surface area contributed by atoms with Gasteiger partial charge in [-0.3, -0.25) is 4.18 Å². The second-order valence-corrected chi connectivity index (χ2v) is 22.4. The fourth-order valence-corrected chi connectivity index (χ4v) is 8.47. The van der Waals surface area contributed by atoms with Crippen molar-refractivity contribution >= 4 is 60.7 Å². The van der Waals surface area contributed by atoms with Gasteiger partial charge in [-0.15, -0.1) is 0 Å². The SMILES string of the molecule is CCCCS(=O)(=O)OC(OS(=O)(=O)C(C)C)(OS(=O)(=O)C(C)(C)C)C(OS(=O)(=O)CC)(OS(=O)(=O)CCC)C(CC)OS(C)(=O)=O. The lowest BCUT2D eigenvalue weighted by Crippen LogP contribution is -2.71. The maximum atomic E-state index is 13.7. The van der Waals surface area contributed by atoms with Crippen LogP contribution in [0.15, 0.2) is 0 Å². The van der Waals surface area contributed by atoms with E-state index in [0.717, 1.165) is 48.5 Å². The molecule has 0 aliphatic carbocycles. The molecular formula is C22H46O18S6. The average molecular weight is 791 g/mol. The van der Waals surface area contributed by atoms with Crippen molar-refractivity contribution in [2.45, 2.75) is 116 Å². The van der Waals surface area contributed by atoms with E-state index in [1.54, 1.807) is 0 Å². The van der Waals surface area contributed by atoms with Gasteiger partial charge < -0.3 is 0 Å². The summed E-state index contributed by atoms with van der Waals surface area (Å²) in [6.07, 6.45) is -3.64. The Labute approximate surface area is 274 Å². The number of rotatable bonds is 22. The van der Waals surface area contributed by atoms with E-state index >= 15 is 0 Å². The molecule has 0 rings (SSSR count). The first-order valence-corrected chi connectivity index (χ1v) is 23.3. The molecule has 0 aromatic rings. The molecule has 24 heteroatoms. The Morgan fingerprint density at radius 3 is 1.46 bits per heavy atom. The molecule has 0 amide bonds. The first kappa shape index (κ1) is 45.5. The fraction of sp³-hybridized carbons (Fsp3) is 1.00. The summed E-state index contributed by atoms with van der Waals surface area (Å²) < 4.78 is 187. The molecule has 0 aromatic heterocycles. The van der Waals surface area contributed by atoms with Crippen LogP contribution in [-0.4, -0.2) is 102 Å². The highest BCUT2D eigenvalue weighted by Gasteiger charge is 2.74. The van der Waals surface area contributed by atoms with Crippen molar-refractivity contribution in [3.05, 3.63) is 0 Å². The lowest BCUT2D eigenvalue weighted by molar-refractivity contribution is -0.401. The largest absolute Gasteiger partial charge is 0.388 e. The van der Waals surface area contributed by atoms with E-state index in [1.165, 1.54) is 13.8 Å². The predicted molar refractivity (Wildman–Crippen MR) is 166 cm³/mol. The summed E-state index contributed by atoms with van der Waals surface area (Å²) in [5, 5.41) is -1.72. The monoisotopic (exact) mass is 790 g/mol. The molecule has 0 aromatic carbocycles. The van der Waals surface area contributed by atoms with Gasteiger partial charge in [0.25, 0.3) is 60.7 Å². The van der Waals surface area contributed by atoms with Gasteiger partial charge in [-0.05, 0) is 60.8 Å². The molecule has 0 aliphatic rings. The van der Waals surface area contributed by atoms with E-state index in [-0.39, 0.29) is 19.3 Å². The molecule has 0 heterocycles. The highest BCUT2D eigenvalue weighted by Crippen LogP contribution is 2.47. The smallest absolute Gasteiger partial charge is 0.261 e. The van der Waals surface area contributed by atoms with Gasteiger partial charge in [0.15, 0.2) is 0 Å². The van der Waals surface area contributed by atoms with Crippen molar-refractivity contribution in [1.82, 2.24) is 0 Å². The highest BCUT2D eigenvalue weighted by atomic mass is 32.2. The first-order chi connectivity index (χ1) is 20.3. The van der Waals surface area contributed by atoms with Crippen LogP contribution >= 0.6 is 0 Å². The molecule has 0 fully saturated rings. The Bertz CT molecular complexity index is 1670. The Balaban J connectivity index is 9.18. The molecule has 0 N–H and O–H groups in total. The summed E-state index contributed by atoms with van der Waals surface area (Å²) in [5.41, 5.74) is 0. The van der Waals surface area contributed by atoms with Crippen LogP contribution in [0.3, 0.4) is 0 Å². The number of unbranched alkanes of at least 4 members (excludes halogenated alkanes) is 1. The van der Waals surface area contributed by atoms with E-state index in [9.17, 15) is 50.5 Å². The lowest BCUT2D eigenvalue weighted by Gasteiger charge is -2.47. The van der Waals surface area contributed by atoms with Crippen LogP contribution in [-0.2, 0) is 85.8 Å². The zero-order chi connectivity index (χ0) is 36.8. The topological polar surface area (TPSA) is 260 Å². The van der Waals surface area contributed by atoms with Gasteiger partial charge in [-0.1, -0.05) is 27.2 Å². The molecule has 0 bridgehead atoms. The van der Waals surface area contributed by atoms with E-state index in [4.69, 9.17) is 25.1 Å². The number of hydrogen-bond acceptors (Lipinski definition) is 18. The van der Waals surface area contributed by atoms with Crippen molar-refractivity contribution in [2.24, 2.45) is 0 Å². The van der Waals surface area contributed by atoms with E-state index < -0.39 is 112 Å². The molecule has 46 heavy (non-hydrogen) atoms. The normalized spacial score (nSPS) is 17.8. The van der Waals surface area contributed by atoms with Crippen molar-refractivity contribution in [1.29, 1.82) is 0 Å². The van der Waals surface area contributed by atoms with Crippen molar-refractivity contribution in [3.8, 4) is 0 Å². The van der Waals surface area contributed by atoms with Crippen LogP contribution in [0.2, 0.25) is 0 Å². The summed E-state index contributed by atoms with van der Waals surface area (Å²) in [6, 6.07) is 0. The standard InChI is InChI=1S/C22H46O18S6/c1-11-15-17-44(29,30)38-22(39-45(31,32)18(5)6,40-46(33,34)20(7,8)9)21(36-42(25,26)14-4,37-43(27,28)16-12-2)19(13-3)35-41(10,23)24/h18-19H,11-17H2,1-10H3. The minimum Gasteiger partial charge on any atom is -0.261 e. The molecule has 0 radical (unpaired) electrons. The maximum absolute atomic E-state index is 13.7. The lowest BCUT2D eigenvalue weighted by atomic mass is 10.1. The summed E-state index contributed by atoms with van der Waals surface area (Å²) in [4.78, 5) is 0. The van der Waals surface area contributed by atoms with E-state index in [1.807, 2.05) is 0 Å². The Hall–Kier alpha value is -0.540. The third-order valence-electron chi connectivity index (χ3n) is 5.58. The van der Waals surface area contributed by atoms with Crippen LogP contribution < -0.4 is 0 Å². The molecule has 0 aliphatic heterocycles. The summed E-state index contributed by atoms with van der Waals surface area (Å²) >= 11 is 0. The zero-order valence-electron chi connectivity index (χ0n) is 27.4. The Morgan fingerprint density at radius 1 is 0.609 bits per heavy atom. The predicted octanol–water partition coefficient (Wildman–Crippen LogP) is 1.26. The van der Waals surface area contributed by atoms with E-state index in [2.05, 4.69) is 0 Å². The Morgan fingerprint density at radius 2 is 1.09 bits per heavy atom. The molecule has 0 spiro atoms. The van der Waals surface area contributed by atoms with Gasteiger partial charge in [-0.2, -0.15) is 50.5 Å². The molecule has 18 nitrogen and oxygen atoms in total. The molecule has 0 saturated heterocycles. The first-order valence-electron chi connectivity index (χ1n) is 13.9. The van der Waals surface area contributed by atoms with Gasteiger partial charge in [0.1, 0.15) is 6.10 Å². The molecular weight excluding hydrogens is 745 g/mol. The van der Waals surface area contributed by atoms with E-state index in [0.29, 0.717) is 6.26 Å². The summed E-state index contributed by atoms with van der Waals surface area (Å²) in [7, 11) is -31.7. The van der Waals surface area contributed by atoms with Gasteiger partial charge in [0, 0.05) is 0 Å². The highest BCUT2D eigenvalue weighted by molar-refractivity contribution is 7.89. The third-order valence-corrected chi connectivity index (χ3v) is 13.6. The van der Waals surface area contributed by atoms with Gasteiger partial charge >= 0.3 is 11.8 Å². The third kappa shape index (κ3) is 12.7. The number of hydrogen-bond donors (Lipinski definition) is 0. The minimum absolute atomic E-state index is 0.157. The second kappa shape index (κ2) is 16.0. The van der Waals surface area contributed by atoms with Crippen LogP contribution in [0.1, 0.15) is 88.0 Å². The summed E-state index contributed by atoms with van der Waals surface area (Å²) in [6.45, 7) is 9.60. The molecule has 0 saturated carbocycles. The van der Waals surface area contributed by atoms with Gasteiger partial charge in [-0.25, -0.2) is 20.9 Å². The summed E-state index contributed by atoms with van der Waals surface area (Å²) in [5.74, 6) is -12.2. The fourth-order valence-electron chi connectivity index (χ4n) is 3.02. The van der Waals surface area contributed by atoms with Crippen molar-refractivity contribution < 1.29 is 75.6 Å². The zero-order valence-corrected chi connectivity index (χ0v) is 32.3. The molecule has 3 atom stereocenters.